The van der Waals surface area contributed by atoms with Crippen LogP contribution in [0.5, 0.6) is 0 Å². The Morgan fingerprint density at radius 3 is 2.25 bits per heavy atom. The molecule has 0 saturated carbocycles. The Balaban J connectivity index is 5.12. The largest absolute Gasteiger partial charge is 0.449 e. The first-order valence-corrected chi connectivity index (χ1v) is 6.49. The number of nitrogens with one attached hydrogen (secondary N) is 1. The van der Waals surface area contributed by atoms with Crippen LogP contribution >= 0.6 is 0 Å². The summed E-state index contributed by atoms with van der Waals surface area (Å²) in [6, 6.07) is -0.524. The van der Waals surface area contributed by atoms with Crippen molar-refractivity contribution in [2.45, 2.75) is 33.7 Å². The Hall–Kier alpha value is -2.05. The molecule has 7 nitrogen and oxygen atoms in total. The van der Waals surface area contributed by atoms with E-state index >= 15 is 0 Å². The minimum atomic E-state index is -0.759. The van der Waals surface area contributed by atoms with Crippen molar-refractivity contribution in [1.82, 2.24) is 10.4 Å². The SMILES string of the molecule is CCOC(=O)NN(C(=O)OCC)[C@@H](/C=C/C=O)C(C)C. The average Bonchev–Trinajstić information content (AvgIpc) is 2.38. The molecule has 0 aromatic carbocycles. The standard InChI is InChI=1S/C13H22N2O5/c1-5-19-12(17)14-15(13(18)20-6-2)11(10(3)4)8-7-9-16/h7-11H,5-6H2,1-4H3,(H,14,17)/b8-7+/t11-/m0/s1. The number of rotatable bonds is 6. The molecule has 1 N–H and O–H groups in total. The number of amides is 2. The number of aldehydes is 1. The number of hydrazine groups is 1. The highest BCUT2D eigenvalue weighted by Crippen LogP contribution is 2.12. The summed E-state index contributed by atoms with van der Waals surface area (Å²) in [4.78, 5) is 33.8. The summed E-state index contributed by atoms with van der Waals surface area (Å²) in [6.07, 6.45) is 1.91. The molecule has 114 valence electrons. The van der Waals surface area contributed by atoms with E-state index in [4.69, 9.17) is 9.47 Å². The molecule has 0 aromatic heterocycles. The van der Waals surface area contributed by atoms with Crippen LogP contribution in [0.3, 0.4) is 0 Å². The van der Waals surface area contributed by atoms with Gasteiger partial charge in [0.2, 0.25) is 0 Å². The maximum atomic E-state index is 11.9. The normalized spacial score (nSPS) is 12.1. The minimum absolute atomic E-state index is 0.0440. The number of carbonyl (C=O) groups is 3. The van der Waals surface area contributed by atoms with Gasteiger partial charge in [-0.05, 0) is 25.8 Å². The van der Waals surface area contributed by atoms with Gasteiger partial charge in [0.25, 0.3) is 0 Å². The van der Waals surface area contributed by atoms with Crippen molar-refractivity contribution in [2.24, 2.45) is 5.92 Å². The molecule has 0 unspecified atom stereocenters. The molecule has 0 heterocycles. The fourth-order valence-corrected chi connectivity index (χ4v) is 1.46. The second kappa shape index (κ2) is 9.82. The van der Waals surface area contributed by atoms with Crippen molar-refractivity contribution in [3.63, 3.8) is 0 Å². The number of nitrogens with zero attached hydrogens (tertiary/aromatic N) is 1. The van der Waals surface area contributed by atoms with Gasteiger partial charge in [0.15, 0.2) is 0 Å². The lowest BCUT2D eigenvalue weighted by Crippen LogP contribution is -2.53. The maximum absolute atomic E-state index is 11.9. The fraction of sp³-hybridized carbons (Fsp3) is 0.615. The Bertz CT molecular complexity index is 355. The van der Waals surface area contributed by atoms with E-state index in [1.807, 2.05) is 13.8 Å². The van der Waals surface area contributed by atoms with Crippen LogP contribution in [0.4, 0.5) is 9.59 Å². The van der Waals surface area contributed by atoms with E-state index in [0.29, 0.717) is 6.29 Å². The molecular formula is C13H22N2O5. The minimum Gasteiger partial charge on any atom is -0.449 e. The summed E-state index contributed by atoms with van der Waals surface area (Å²) in [5.41, 5.74) is 2.32. The molecule has 2 amide bonds. The Labute approximate surface area is 118 Å². The highest BCUT2D eigenvalue weighted by atomic mass is 16.6. The van der Waals surface area contributed by atoms with E-state index < -0.39 is 18.2 Å². The molecule has 0 radical (unpaired) electrons. The van der Waals surface area contributed by atoms with E-state index in [1.165, 1.54) is 12.2 Å². The maximum Gasteiger partial charge on any atom is 0.429 e. The number of carbonyl (C=O) groups excluding carboxylic acids is 3. The first-order valence-electron chi connectivity index (χ1n) is 6.49. The molecule has 0 spiro atoms. The monoisotopic (exact) mass is 286 g/mol. The Morgan fingerprint density at radius 2 is 1.80 bits per heavy atom. The van der Waals surface area contributed by atoms with Crippen molar-refractivity contribution in [3.05, 3.63) is 12.2 Å². The zero-order valence-corrected chi connectivity index (χ0v) is 12.3. The molecule has 0 bridgehead atoms. The average molecular weight is 286 g/mol. The summed E-state index contributed by atoms with van der Waals surface area (Å²) < 4.78 is 9.63. The summed E-state index contributed by atoms with van der Waals surface area (Å²) in [7, 11) is 0. The molecule has 0 fully saturated rings. The third-order valence-electron chi connectivity index (χ3n) is 2.32. The number of hydrogen-bond acceptors (Lipinski definition) is 5. The second-order valence-corrected chi connectivity index (χ2v) is 4.16. The van der Waals surface area contributed by atoms with Crippen LogP contribution in [0.1, 0.15) is 27.7 Å². The topological polar surface area (TPSA) is 84.9 Å². The van der Waals surface area contributed by atoms with Gasteiger partial charge in [-0.1, -0.05) is 19.9 Å². The summed E-state index contributed by atoms with van der Waals surface area (Å²) in [5.74, 6) is -0.0440. The lowest BCUT2D eigenvalue weighted by molar-refractivity contribution is -0.104. The lowest BCUT2D eigenvalue weighted by Gasteiger charge is -2.30. The van der Waals surface area contributed by atoms with Gasteiger partial charge >= 0.3 is 12.2 Å². The van der Waals surface area contributed by atoms with Gasteiger partial charge in [-0.3, -0.25) is 4.79 Å². The number of ether oxygens (including phenoxy) is 2. The van der Waals surface area contributed by atoms with Crippen LogP contribution in [0.2, 0.25) is 0 Å². The van der Waals surface area contributed by atoms with E-state index in [9.17, 15) is 14.4 Å². The quantitative estimate of drug-likeness (QED) is 0.458. The predicted octanol–water partition coefficient (Wildman–Crippen LogP) is 1.89. The van der Waals surface area contributed by atoms with Crippen LogP contribution in [0.15, 0.2) is 12.2 Å². The van der Waals surface area contributed by atoms with Crippen molar-refractivity contribution in [3.8, 4) is 0 Å². The molecule has 0 aliphatic carbocycles. The van der Waals surface area contributed by atoms with Gasteiger partial charge < -0.3 is 9.47 Å². The zero-order valence-electron chi connectivity index (χ0n) is 12.3. The molecule has 1 atom stereocenters. The second-order valence-electron chi connectivity index (χ2n) is 4.16. The van der Waals surface area contributed by atoms with Gasteiger partial charge in [0.1, 0.15) is 6.29 Å². The molecule has 0 aromatic rings. The van der Waals surface area contributed by atoms with Crippen LogP contribution < -0.4 is 5.43 Å². The molecule has 20 heavy (non-hydrogen) atoms. The highest BCUT2D eigenvalue weighted by Gasteiger charge is 2.27. The molecular weight excluding hydrogens is 264 g/mol. The first kappa shape index (κ1) is 17.9. The van der Waals surface area contributed by atoms with Gasteiger partial charge in [0, 0.05) is 0 Å². The summed E-state index contributed by atoms with van der Waals surface area (Å²) >= 11 is 0. The molecule has 0 saturated heterocycles. The third kappa shape index (κ3) is 6.21. The van der Waals surface area contributed by atoms with Crippen molar-refractivity contribution in [1.29, 1.82) is 0 Å². The van der Waals surface area contributed by atoms with Crippen LogP contribution in [0, 0.1) is 5.92 Å². The van der Waals surface area contributed by atoms with E-state index in [1.54, 1.807) is 13.8 Å². The molecule has 7 heteroatoms. The smallest absolute Gasteiger partial charge is 0.429 e. The molecule has 0 rings (SSSR count). The fourth-order valence-electron chi connectivity index (χ4n) is 1.46. The van der Waals surface area contributed by atoms with Crippen LogP contribution in [-0.4, -0.2) is 42.7 Å². The van der Waals surface area contributed by atoms with E-state index in [2.05, 4.69) is 5.43 Å². The van der Waals surface area contributed by atoms with Gasteiger partial charge in [-0.2, -0.15) is 0 Å². The summed E-state index contributed by atoms with van der Waals surface area (Å²) in [5, 5.41) is 1.02. The van der Waals surface area contributed by atoms with Crippen molar-refractivity contribution < 1.29 is 23.9 Å². The van der Waals surface area contributed by atoms with E-state index in [0.717, 1.165) is 5.01 Å². The predicted molar refractivity (Wildman–Crippen MR) is 72.8 cm³/mol. The lowest BCUT2D eigenvalue weighted by atomic mass is 10.0. The number of hydrogen-bond donors (Lipinski definition) is 1. The van der Waals surface area contributed by atoms with Crippen molar-refractivity contribution >= 4 is 18.5 Å². The highest BCUT2D eigenvalue weighted by molar-refractivity contribution is 5.74. The summed E-state index contributed by atoms with van der Waals surface area (Å²) in [6.45, 7) is 7.35. The Kier molecular flexibility index (Phi) is 8.82. The van der Waals surface area contributed by atoms with E-state index in [-0.39, 0.29) is 19.1 Å². The van der Waals surface area contributed by atoms with Crippen LogP contribution in [0.25, 0.3) is 0 Å². The van der Waals surface area contributed by atoms with Gasteiger partial charge in [-0.15, -0.1) is 0 Å². The number of allylic oxidation sites excluding steroid dienone is 1. The van der Waals surface area contributed by atoms with Gasteiger partial charge in [-0.25, -0.2) is 20.0 Å². The Morgan fingerprint density at radius 1 is 1.20 bits per heavy atom. The van der Waals surface area contributed by atoms with Gasteiger partial charge in [0.05, 0.1) is 19.3 Å². The van der Waals surface area contributed by atoms with Crippen LogP contribution in [-0.2, 0) is 14.3 Å². The zero-order chi connectivity index (χ0) is 15.5. The van der Waals surface area contributed by atoms with Crippen molar-refractivity contribution in [2.75, 3.05) is 13.2 Å². The first-order chi connectivity index (χ1) is 9.47. The molecule has 0 aliphatic heterocycles. The molecule has 0 aliphatic rings. The third-order valence-corrected chi connectivity index (χ3v) is 2.32.